The molecule has 0 unspecified atom stereocenters. The Morgan fingerprint density at radius 3 is 2.73 bits per heavy atom. The minimum Gasteiger partial charge on any atom is -0.490 e. The Kier molecular flexibility index (Phi) is 7.57. The number of anilines is 1. The topological polar surface area (TPSA) is 75.0 Å². The molecule has 0 atom stereocenters. The SMILES string of the molecule is CN=C(NCc1ccccc1OC1CCC1)N1CCN(c2cnn(C)c2)C(=O)C1.I. The monoisotopic (exact) mass is 524 g/mol. The van der Waals surface area contributed by atoms with Crippen LogP contribution in [-0.2, 0) is 18.4 Å². The first-order valence-electron chi connectivity index (χ1n) is 10.1. The Morgan fingerprint density at radius 2 is 2.10 bits per heavy atom. The minimum absolute atomic E-state index is 0. The van der Waals surface area contributed by atoms with Gasteiger partial charge in [-0.05, 0) is 25.3 Å². The van der Waals surface area contributed by atoms with Crippen LogP contribution < -0.4 is 15.0 Å². The fourth-order valence-corrected chi connectivity index (χ4v) is 3.61. The highest BCUT2D eigenvalue weighted by Gasteiger charge is 2.28. The number of aryl methyl sites for hydroxylation is 1. The highest BCUT2D eigenvalue weighted by atomic mass is 127. The summed E-state index contributed by atoms with van der Waals surface area (Å²) in [6.45, 7) is 2.20. The van der Waals surface area contributed by atoms with Crippen LogP contribution in [0.3, 0.4) is 0 Å². The number of rotatable bonds is 5. The number of aliphatic imine (C=N–C) groups is 1. The normalized spacial score (nSPS) is 17.4. The number of nitrogens with one attached hydrogen (secondary N) is 1. The van der Waals surface area contributed by atoms with Gasteiger partial charge in [0, 0.05) is 45.5 Å². The summed E-state index contributed by atoms with van der Waals surface area (Å²) in [5.74, 6) is 1.70. The number of nitrogens with zero attached hydrogens (tertiary/aromatic N) is 5. The van der Waals surface area contributed by atoms with Crippen molar-refractivity contribution in [1.29, 1.82) is 0 Å². The Hall–Kier alpha value is -2.30. The Balaban J connectivity index is 0.00000256. The first-order valence-corrected chi connectivity index (χ1v) is 10.1. The molecule has 2 aliphatic rings. The van der Waals surface area contributed by atoms with Crippen LogP contribution in [0.1, 0.15) is 24.8 Å². The van der Waals surface area contributed by atoms with E-state index in [1.807, 2.05) is 36.3 Å². The van der Waals surface area contributed by atoms with E-state index in [9.17, 15) is 4.79 Å². The fourth-order valence-electron chi connectivity index (χ4n) is 3.61. The number of aromatic nitrogens is 2. The Labute approximate surface area is 194 Å². The molecule has 4 rings (SSSR count). The molecule has 0 radical (unpaired) electrons. The minimum atomic E-state index is 0. The maximum atomic E-state index is 12.7. The van der Waals surface area contributed by atoms with E-state index in [0.29, 0.717) is 25.7 Å². The first kappa shape index (κ1) is 22.4. The van der Waals surface area contributed by atoms with Gasteiger partial charge in [0.2, 0.25) is 5.91 Å². The van der Waals surface area contributed by atoms with Crippen LogP contribution >= 0.6 is 24.0 Å². The molecule has 162 valence electrons. The molecule has 0 spiro atoms. The molecule has 1 aliphatic carbocycles. The van der Waals surface area contributed by atoms with Crippen molar-refractivity contribution in [3.05, 3.63) is 42.2 Å². The third-order valence-corrected chi connectivity index (χ3v) is 5.49. The van der Waals surface area contributed by atoms with Gasteiger partial charge >= 0.3 is 0 Å². The smallest absolute Gasteiger partial charge is 0.246 e. The van der Waals surface area contributed by atoms with Gasteiger partial charge in [0.1, 0.15) is 12.3 Å². The molecule has 8 nitrogen and oxygen atoms in total. The van der Waals surface area contributed by atoms with Crippen molar-refractivity contribution in [3.63, 3.8) is 0 Å². The summed E-state index contributed by atoms with van der Waals surface area (Å²) in [5, 5.41) is 7.55. The quantitative estimate of drug-likeness (QED) is 0.370. The van der Waals surface area contributed by atoms with E-state index in [4.69, 9.17) is 4.74 Å². The molecule has 2 fully saturated rings. The number of benzene rings is 1. The van der Waals surface area contributed by atoms with Crippen LogP contribution in [0.5, 0.6) is 5.75 Å². The van der Waals surface area contributed by atoms with E-state index in [-0.39, 0.29) is 36.4 Å². The molecule has 1 amide bonds. The molecule has 1 aliphatic heterocycles. The third kappa shape index (κ3) is 5.05. The van der Waals surface area contributed by atoms with Gasteiger partial charge in [0.15, 0.2) is 5.96 Å². The molecule has 2 aromatic rings. The van der Waals surface area contributed by atoms with Crippen LogP contribution in [-0.4, -0.2) is 59.3 Å². The molecule has 1 N–H and O–H groups in total. The number of amides is 1. The lowest BCUT2D eigenvalue weighted by atomic mass is 9.96. The van der Waals surface area contributed by atoms with E-state index >= 15 is 0 Å². The van der Waals surface area contributed by atoms with Gasteiger partial charge in [-0.25, -0.2) is 0 Å². The number of piperazine rings is 1. The average Bonchev–Trinajstić information content (AvgIpc) is 3.12. The number of hydrogen-bond donors (Lipinski definition) is 1. The van der Waals surface area contributed by atoms with Crippen LogP contribution in [0.15, 0.2) is 41.7 Å². The number of carbonyl (C=O) groups excluding carboxylic acids is 1. The number of carbonyl (C=O) groups is 1. The predicted octanol–water partition coefficient (Wildman–Crippen LogP) is 2.39. The van der Waals surface area contributed by atoms with E-state index < -0.39 is 0 Å². The second-order valence-corrected chi connectivity index (χ2v) is 7.52. The van der Waals surface area contributed by atoms with Gasteiger partial charge in [-0.15, -0.1) is 24.0 Å². The van der Waals surface area contributed by atoms with Gasteiger partial charge in [0.25, 0.3) is 0 Å². The summed E-state index contributed by atoms with van der Waals surface area (Å²) < 4.78 is 7.82. The molecule has 9 heteroatoms. The van der Waals surface area contributed by atoms with Crippen molar-refractivity contribution in [3.8, 4) is 5.75 Å². The van der Waals surface area contributed by atoms with Crippen molar-refractivity contribution < 1.29 is 9.53 Å². The highest BCUT2D eigenvalue weighted by molar-refractivity contribution is 14.0. The van der Waals surface area contributed by atoms with E-state index in [1.54, 1.807) is 22.8 Å². The lowest BCUT2D eigenvalue weighted by molar-refractivity contribution is -0.120. The third-order valence-electron chi connectivity index (χ3n) is 5.49. The molecular formula is C21H29IN6O2. The summed E-state index contributed by atoms with van der Waals surface area (Å²) in [5.41, 5.74) is 1.93. The summed E-state index contributed by atoms with van der Waals surface area (Å²) >= 11 is 0. The predicted molar refractivity (Wildman–Crippen MR) is 127 cm³/mol. The molecule has 30 heavy (non-hydrogen) atoms. The molecular weight excluding hydrogens is 495 g/mol. The average molecular weight is 524 g/mol. The second-order valence-electron chi connectivity index (χ2n) is 7.52. The van der Waals surface area contributed by atoms with Crippen LogP contribution in [0.25, 0.3) is 0 Å². The summed E-state index contributed by atoms with van der Waals surface area (Å²) in [6.07, 6.45) is 7.43. The number of hydrogen-bond acceptors (Lipinski definition) is 4. The van der Waals surface area contributed by atoms with Gasteiger partial charge in [0.05, 0.1) is 18.0 Å². The van der Waals surface area contributed by atoms with Crippen molar-refractivity contribution in [2.75, 3.05) is 31.6 Å². The Morgan fingerprint density at radius 1 is 1.30 bits per heavy atom. The second kappa shape index (κ2) is 10.1. The molecule has 1 saturated carbocycles. The van der Waals surface area contributed by atoms with Crippen molar-refractivity contribution in [2.45, 2.75) is 31.9 Å². The Bertz CT molecular complexity index is 895. The van der Waals surface area contributed by atoms with Gasteiger partial charge in [-0.2, -0.15) is 5.10 Å². The number of para-hydroxylation sites is 1. The summed E-state index contributed by atoms with van der Waals surface area (Å²) in [6, 6.07) is 8.11. The fraction of sp³-hybridized carbons (Fsp3) is 0.476. The van der Waals surface area contributed by atoms with Crippen molar-refractivity contribution in [1.82, 2.24) is 20.0 Å². The van der Waals surface area contributed by atoms with Crippen LogP contribution in [0.4, 0.5) is 5.69 Å². The summed E-state index contributed by atoms with van der Waals surface area (Å²) in [4.78, 5) is 20.8. The number of guanidine groups is 1. The highest BCUT2D eigenvalue weighted by Crippen LogP contribution is 2.27. The van der Waals surface area contributed by atoms with E-state index in [0.717, 1.165) is 35.8 Å². The number of halogens is 1. The molecule has 0 bridgehead atoms. The van der Waals surface area contributed by atoms with E-state index in [2.05, 4.69) is 21.5 Å². The van der Waals surface area contributed by atoms with Gasteiger partial charge in [-0.1, -0.05) is 18.2 Å². The number of ether oxygens (including phenoxy) is 1. The van der Waals surface area contributed by atoms with Gasteiger partial charge < -0.3 is 19.9 Å². The zero-order chi connectivity index (χ0) is 20.2. The maximum absolute atomic E-state index is 12.7. The zero-order valence-corrected chi connectivity index (χ0v) is 19.8. The first-order chi connectivity index (χ1) is 14.1. The maximum Gasteiger partial charge on any atom is 0.246 e. The summed E-state index contributed by atoms with van der Waals surface area (Å²) in [7, 11) is 3.60. The molecule has 1 aromatic heterocycles. The molecule has 1 saturated heterocycles. The lowest BCUT2D eigenvalue weighted by Crippen LogP contribution is -2.55. The van der Waals surface area contributed by atoms with Crippen LogP contribution in [0.2, 0.25) is 0 Å². The van der Waals surface area contributed by atoms with E-state index in [1.165, 1.54) is 6.42 Å². The van der Waals surface area contributed by atoms with Gasteiger partial charge in [-0.3, -0.25) is 14.5 Å². The van der Waals surface area contributed by atoms with Crippen molar-refractivity contribution >= 4 is 41.5 Å². The van der Waals surface area contributed by atoms with Crippen molar-refractivity contribution in [2.24, 2.45) is 12.0 Å². The molecule has 2 heterocycles. The largest absolute Gasteiger partial charge is 0.490 e. The molecule has 1 aromatic carbocycles. The zero-order valence-electron chi connectivity index (χ0n) is 17.5. The lowest BCUT2D eigenvalue weighted by Gasteiger charge is -2.35. The van der Waals surface area contributed by atoms with Crippen LogP contribution in [0, 0.1) is 0 Å². The standard InChI is InChI=1S/C21H28N6O2.HI/c1-22-21(23-12-16-6-3-4-9-19(16)29-18-7-5-8-18)26-10-11-27(20(28)15-26)17-13-24-25(2)14-17;/h3-4,6,9,13-14,18H,5,7-8,10-12,15H2,1-2H3,(H,22,23);1H.